The van der Waals surface area contributed by atoms with Crippen molar-refractivity contribution in [1.82, 2.24) is 9.88 Å². The first kappa shape index (κ1) is 26.3. The van der Waals surface area contributed by atoms with E-state index in [1.165, 1.54) is 23.2 Å². The van der Waals surface area contributed by atoms with Crippen LogP contribution in [0.15, 0.2) is 85.6 Å². The van der Waals surface area contributed by atoms with Crippen molar-refractivity contribution in [3.05, 3.63) is 102 Å². The molecule has 0 saturated heterocycles. The number of anilines is 1. The van der Waals surface area contributed by atoms with E-state index in [4.69, 9.17) is 39.5 Å². The number of nitrogens with zero attached hydrogens (tertiary/aromatic N) is 2. The molecule has 1 N–H and O–H groups in total. The second-order valence-corrected chi connectivity index (χ2v) is 9.67. The lowest BCUT2D eigenvalue weighted by atomic mass is 10.2. The summed E-state index contributed by atoms with van der Waals surface area (Å²) >= 11 is 17.3. The molecule has 0 fully saturated rings. The molecule has 3 rings (SSSR count). The van der Waals surface area contributed by atoms with Crippen LogP contribution in [0, 0.1) is 0 Å². The highest BCUT2D eigenvalue weighted by Gasteiger charge is 2.39. The number of aromatic nitrogens is 1. The van der Waals surface area contributed by atoms with Gasteiger partial charge in [0.15, 0.2) is 0 Å². The maximum absolute atomic E-state index is 13.5. The minimum atomic E-state index is -2.35. The highest BCUT2D eigenvalue weighted by molar-refractivity contribution is 6.76. The number of rotatable bonds is 8. The molecule has 0 radical (unpaired) electrons. The summed E-state index contributed by atoms with van der Waals surface area (Å²) < 4.78 is 3.01. The van der Waals surface area contributed by atoms with Gasteiger partial charge in [-0.15, -0.1) is 6.58 Å². The minimum Gasteiger partial charge on any atom is -0.456 e. The first-order chi connectivity index (χ1) is 16.7. The van der Waals surface area contributed by atoms with Crippen LogP contribution >= 0.6 is 34.8 Å². The number of imide groups is 1. The second kappa shape index (κ2) is 11.9. The van der Waals surface area contributed by atoms with E-state index in [-0.39, 0.29) is 25.4 Å². The average Bonchev–Trinajstić information content (AvgIpc) is 3.34. The van der Waals surface area contributed by atoms with E-state index in [2.05, 4.69) is 11.6 Å². The van der Waals surface area contributed by atoms with Crippen molar-refractivity contribution in [2.24, 2.45) is 0 Å². The molecular formula is C25H22Cl3N3O4. The number of esters is 1. The van der Waals surface area contributed by atoms with Crippen molar-refractivity contribution in [3.8, 4) is 0 Å². The second-order valence-electron chi connectivity index (χ2n) is 7.39. The largest absolute Gasteiger partial charge is 0.456 e. The highest BCUT2D eigenvalue weighted by Crippen LogP contribution is 2.30. The van der Waals surface area contributed by atoms with E-state index >= 15 is 0 Å². The molecule has 3 aromatic rings. The van der Waals surface area contributed by atoms with Crippen molar-refractivity contribution in [3.63, 3.8) is 0 Å². The normalized spacial score (nSPS) is 10.9. The molecule has 0 saturated carbocycles. The Morgan fingerprint density at radius 3 is 2.14 bits per heavy atom. The fourth-order valence-corrected chi connectivity index (χ4v) is 3.47. The SMILES string of the molecule is C=CCN(C(=O)N(Cc1ccccc1)c1c[nH]c(C(=O)OCc2ccccc2)c1)C(=O)C(Cl)(Cl)Cl. The summed E-state index contributed by atoms with van der Waals surface area (Å²) in [6.07, 6.45) is 2.81. The van der Waals surface area contributed by atoms with Gasteiger partial charge in [0.25, 0.3) is 9.70 Å². The molecule has 2 aromatic carbocycles. The molecule has 0 aliphatic carbocycles. The Hall–Kier alpha value is -3.26. The van der Waals surface area contributed by atoms with Gasteiger partial charge >= 0.3 is 12.0 Å². The smallest absolute Gasteiger partial charge is 0.355 e. The number of H-pyrrole nitrogens is 1. The van der Waals surface area contributed by atoms with Crippen molar-refractivity contribution < 1.29 is 19.1 Å². The quantitative estimate of drug-likeness (QED) is 0.222. The zero-order valence-corrected chi connectivity index (χ0v) is 20.8. The minimum absolute atomic E-state index is 0.0802. The van der Waals surface area contributed by atoms with Crippen molar-refractivity contribution >= 4 is 58.4 Å². The number of benzene rings is 2. The highest BCUT2D eigenvalue weighted by atomic mass is 35.6. The van der Waals surface area contributed by atoms with Gasteiger partial charge < -0.3 is 9.72 Å². The zero-order valence-electron chi connectivity index (χ0n) is 18.5. The number of ether oxygens (including phenoxy) is 1. The number of carbonyl (C=O) groups is 3. The Morgan fingerprint density at radius 2 is 1.57 bits per heavy atom. The van der Waals surface area contributed by atoms with Gasteiger partial charge in [0, 0.05) is 12.7 Å². The van der Waals surface area contributed by atoms with Gasteiger partial charge in [-0.25, -0.2) is 9.59 Å². The molecule has 0 atom stereocenters. The van der Waals surface area contributed by atoms with Gasteiger partial charge in [0.1, 0.15) is 12.3 Å². The summed E-state index contributed by atoms with van der Waals surface area (Å²) in [7, 11) is 0. The van der Waals surface area contributed by atoms with Crippen LogP contribution in [-0.2, 0) is 22.7 Å². The number of amides is 3. The number of carbonyl (C=O) groups excluding carboxylic acids is 3. The Bertz CT molecular complexity index is 1180. The van der Waals surface area contributed by atoms with Crippen LogP contribution in [0.5, 0.6) is 0 Å². The van der Waals surface area contributed by atoms with Crippen LogP contribution in [0.25, 0.3) is 0 Å². The maximum Gasteiger partial charge on any atom is 0.355 e. The number of halogens is 3. The number of nitrogens with one attached hydrogen (secondary N) is 1. The third-order valence-electron chi connectivity index (χ3n) is 4.86. The lowest BCUT2D eigenvalue weighted by Gasteiger charge is -2.30. The molecule has 7 nitrogen and oxygen atoms in total. The van der Waals surface area contributed by atoms with Crippen molar-refractivity contribution in [1.29, 1.82) is 0 Å². The number of alkyl halides is 3. The van der Waals surface area contributed by atoms with Gasteiger partial charge in [0.2, 0.25) is 0 Å². The Kier molecular flexibility index (Phi) is 8.98. The average molecular weight is 535 g/mol. The molecule has 10 heteroatoms. The van der Waals surface area contributed by atoms with E-state index in [0.717, 1.165) is 16.0 Å². The number of hydrogen-bond acceptors (Lipinski definition) is 4. The molecule has 0 unspecified atom stereocenters. The molecule has 1 aromatic heterocycles. The van der Waals surface area contributed by atoms with E-state index < -0.39 is 21.7 Å². The molecule has 182 valence electrons. The predicted molar refractivity (Wildman–Crippen MR) is 137 cm³/mol. The summed E-state index contributed by atoms with van der Waals surface area (Å²) in [4.78, 5) is 43.6. The molecule has 1 heterocycles. The Labute approximate surface area is 217 Å². The third-order valence-corrected chi connectivity index (χ3v) is 5.34. The summed E-state index contributed by atoms with van der Waals surface area (Å²) in [5, 5.41) is 0. The summed E-state index contributed by atoms with van der Waals surface area (Å²) in [5.74, 6) is -1.63. The standard InChI is InChI=1S/C25H22Cl3N3O4/c1-2-13-30(23(33)25(26,27)28)24(34)31(16-18-9-5-3-6-10-18)20-14-21(29-15-20)22(32)35-17-19-11-7-4-8-12-19/h2-12,14-15,29H,1,13,16-17H2. The Balaban J connectivity index is 1.87. The maximum atomic E-state index is 13.5. The Morgan fingerprint density at radius 1 is 0.971 bits per heavy atom. The monoisotopic (exact) mass is 533 g/mol. The van der Waals surface area contributed by atoms with Crippen LogP contribution in [0.2, 0.25) is 0 Å². The molecule has 0 bridgehead atoms. The molecule has 0 spiro atoms. The number of aromatic amines is 1. The van der Waals surface area contributed by atoms with E-state index in [0.29, 0.717) is 5.69 Å². The number of hydrogen-bond donors (Lipinski definition) is 1. The van der Waals surface area contributed by atoms with Gasteiger partial charge in [0.05, 0.1) is 12.2 Å². The fourth-order valence-electron chi connectivity index (χ4n) is 3.17. The van der Waals surface area contributed by atoms with E-state index in [1.54, 1.807) is 0 Å². The van der Waals surface area contributed by atoms with Crippen LogP contribution < -0.4 is 4.90 Å². The van der Waals surface area contributed by atoms with Gasteiger partial charge in [-0.1, -0.05) is 102 Å². The third kappa shape index (κ3) is 7.11. The van der Waals surface area contributed by atoms with Crippen LogP contribution in [0.3, 0.4) is 0 Å². The van der Waals surface area contributed by atoms with Crippen molar-refractivity contribution in [2.75, 3.05) is 11.4 Å². The topological polar surface area (TPSA) is 82.7 Å². The fraction of sp³-hybridized carbons (Fsp3) is 0.160. The van der Waals surface area contributed by atoms with E-state index in [1.807, 2.05) is 60.7 Å². The lowest BCUT2D eigenvalue weighted by molar-refractivity contribution is -0.126. The summed E-state index contributed by atoms with van der Waals surface area (Å²) in [5.41, 5.74) is 2.05. The molecule has 3 amide bonds. The molecule has 0 aliphatic rings. The number of urea groups is 1. The zero-order chi connectivity index (χ0) is 25.4. The molecule has 35 heavy (non-hydrogen) atoms. The van der Waals surface area contributed by atoms with E-state index in [9.17, 15) is 14.4 Å². The summed E-state index contributed by atoms with van der Waals surface area (Å²) in [6, 6.07) is 19.0. The van der Waals surface area contributed by atoms with Crippen LogP contribution in [0.4, 0.5) is 10.5 Å². The van der Waals surface area contributed by atoms with Crippen LogP contribution in [-0.4, -0.2) is 38.1 Å². The predicted octanol–water partition coefficient (Wildman–Crippen LogP) is 5.88. The van der Waals surface area contributed by atoms with Gasteiger partial charge in [-0.3, -0.25) is 14.6 Å². The molecular weight excluding hydrogens is 513 g/mol. The van der Waals surface area contributed by atoms with Crippen LogP contribution in [0.1, 0.15) is 21.6 Å². The molecule has 0 aliphatic heterocycles. The van der Waals surface area contributed by atoms with Gasteiger partial charge in [-0.2, -0.15) is 0 Å². The lowest BCUT2D eigenvalue weighted by Crippen LogP contribution is -2.50. The van der Waals surface area contributed by atoms with Crippen molar-refractivity contribution in [2.45, 2.75) is 16.9 Å². The van der Waals surface area contributed by atoms with Gasteiger partial charge in [-0.05, 0) is 17.2 Å². The first-order valence-corrected chi connectivity index (χ1v) is 11.6. The first-order valence-electron chi connectivity index (χ1n) is 10.4. The summed E-state index contributed by atoms with van der Waals surface area (Å²) in [6.45, 7) is 3.56.